The minimum Gasteiger partial charge on any atom is -0.453 e. The van der Waals surface area contributed by atoms with E-state index in [1.165, 1.54) is 4.91 Å². The third-order valence-electron chi connectivity index (χ3n) is 13.2. The molecule has 4 fully saturated rings. The van der Waals surface area contributed by atoms with Gasteiger partial charge in [-0.3, -0.25) is 13.3 Å². The van der Waals surface area contributed by atoms with Gasteiger partial charge in [-0.15, -0.1) is 0 Å². The van der Waals surface area contributed by atoms with Crippen LogP contribution in [0.15, 0.2) is 133 Å². The van der Waals surface area contributed by atoms with Crippen molar-refractivity contribution in [3.63, 3.8) is 0 Å². The fourth-order valence-electron chi connectivity index (χ4n) is 9.89. The summed E-state index contributed by atoms with van der Waals surface area (Å²) in [5.74, 6) is 3.94. The Morgan fingerprint density at radius 1 is 0.531 bits per heavy atom. The number of benzene rings is 6. The van der Waals surface area contributed by atoms with Gasteiger partial charge in [-0.1, -0.05) is 76.3 Å². The number of hydrogen-bond acceptors (Lipinski definition) is 17. The van der Waals surface area contributed by atoms with E-state index < -0.39 is 57.0 Å². The molecule has 4 saturated heterocycles. The van der Waals surface area contributed by atoms with Crippen molar-refractivity contribution in [2.24, 2.45) is 5.11 Å². The van der Waals surface area contributed by atoms with Gasteiger partial charge in [0.1, 0.15) is 24.4 Å². The van der Waals surface area contributed by atoms with Crippen molar-refractivity contribution >= 4 is 111 Å². The van der Waals surface area contributed by atoms with Crippen LogP contribution in [-0.2, 0) is 43.2 Å². The average molecular weight is 1260 g/mol. The van der Waals surface area contributed by atoms with Crippen LogP contribution in [0.1, 0.15) is 0 Å². The molecule has 13 rings (SSSR count). The van der Waals surface area contributed by atoms with Gasteiger partial charge < -0.3 is 69.5 Å². The molecule has 0 aromatic heterocycles. The van der Waals surface area contributed by atoms with Gasteiger partial charge in [-0.05, 0) is 78.3 Å². The fourth-order valence-corrected chi connectivity index (χ4v) is 11.2. The third kappa shape index (κ3) is 14.2. The van der Waals surface area contributed by atoms with Gasteiger partial charge in [0.15, 0.2) is 34.5 Å². The molecule has 6 aromatic carbocycles. The Hall–Kier alpha value is -4.83. The molecule has 0 amide bonds. The first kappa shape index (κ1) is 62.2. The van der Waals surface area contributed by atoms with Gasteiger partial charge in [0.05, 0.1) is 104 Å². The van der Waals surface area contributed by atoms with E-state index in [4.69, 9.17) is 92.4 Å². The molecule has 81 heavy (non-hydrogen) atoms. The summed E-state index contributed by atoms with van der Waals surface area (Å²) in [6.45, 7) is 1.74. The first-order valence-electron chi connectivity index (χ1n) is 24.1. The van der Waals surface area contributed by atoms with Crippen molar-refractivity contribution in [2.45, 2.75) is 54.7 Å². The Labute approximate surface area is 514 Å². The second-order valence-corrected chi connectivity index (χ2v) is 22.6. The Bertz CT molecular complexity index is 3340. The van der Waals surface area contributed by atoms with E-state index in [9.17, 15) is 19.5 Å². The summed E-state index contributed by atoms with van der Waals surface area (Å²) in [5, 5.41) is 36.6. The molecule has 22 nitrogen and oxygen atoms in total. The molecular formula is C51H45Cl5N9NaO13S2. The van der Waals surface area contributed by atoms with Crippen molar-refractivity contribution in [3.8, 4) is 34.5 Å². The molecule has 6 aromatic rings. The van der Waals surface area contributed by atoms with Gasteiger partial charge in [0, 0.05) is 59.5 Å². The number of azide groups is 1. The monoisotopic (exact) mass is 1250 g/mol. The number of rotatable bonds is 4. The van der Waals surface area contributed by atoms with Crippen LogP contribution in [0.2, 0.25) is 15.1 Å². The van der Waals surface area contributed by atoms with Crippen LogP contribution in [0.4, 0.5) is 34.1 Å². The minimum absolute atomic E-state index is 0. The summed E-state index contributed by atoms with van der Waals surface area (Å²) >= 11 is 16.6. The number of hydrogen-bond donors (Lipinski definition) is 3. The van der Waals surface area contributed by atoms with Crippen LogP contribution in [0, 0.1) is 0 Å². The van der Waals surface area contributed by atoms with Crippen LogP contribution in [0.3, 0.4) is 0 Å². The van der Waals surface area contributed by atoms with Gasteiger partial charge in [0.2, 0.25) is 9.23 Å². The number of nitrogens with zero attached hydrogens (tertiary/aromatic N) is 9. The summed E-state index contributed by atoms with van der Waals surface area (Å²) in [4.78, 5) is 10.3. The van der Waals surface area contributed by atoms with E-state index in [1.54, 1.807) is 30.3 Å². The molecule has 7 aliphatic heterocycles. The minimum atomic E-state index is -1.75. The van der Waals surface area contributed by atoms with Gasteiger partial charge >= 0.3 is 40.9 Å². The smallest absolute Gasteiger partial charge is 0.453 e. The predicted octanol–water partition coefficient (Wildman–Crippen LogP) is 8.98. The van der Waals surface area contributed by atoms with E-state index in [1.807, 2.05) is 107 Å². The molecule has 7 heterocycles. The second kappa shape index (κ2) is 28.6. The van der Waals surface area contributed by atoms with Gasteiger partial charge in [-0.25, -0.2) is 4.21 Å². The van der Waals surface area contributed by atoms with Gasteiger partial charge in [0.25, 0.3) is 0 Å². The van der Waals surface area contributed by atoms with Crippen LogP contribution in [0.25, 0.3) is 26.4 Å². The number of para-hydroxylation sites is 6. The number of aliphatic hydroxyl groups excluding tert-OH is 3. The topological polar surface area (TPSA) is 286 Å². The summed E-state index contributed by atoms with van der Waals surface area (Å²) in [7, 11) is 7.36. The molecule has 0 spiro atoms. The molecule has 0 saturated carbocycles. The zero-order chi connectivity index (χ0) is 56.6. The summed E-state index contributed by atoms with van der Waals surface area (Å²) < 4.78 is 66.3. The molecule has 1 unspecified atom stereocenters. The summed E-state index contributed by atoms with van der Waals surface area (Å²) in [5.41, 5.74) is 27.2. The van der Waals surface area contributed by atoms with Crippen molar-refractivity contribution < 1.29 is 90.1 Å². The zero-order valence-electron chi connectivity index (χ0n) is 42.2. The number of anilines is 6. The van der Waals surface area contributed by atoms with Crippen LogP contribution in [0.5, 0.6) is 34.5 Å². The number of halogens is 5. The SMILES string of the molecule is O=S(Cl)Cl.O=S1O[C@H]2[C@H](COC[C@@H]2N2c3ccccc3Oc3cc(Cl)ccc32)O1.O[C@H]1[C@@H](O)COC[C@@H]1N1c2ccccc2Oc2cc(Cl)ccc21.[N-]=[N+]=N[C@@H]1COC[C@H](N2c3ccccc3Oc3cc(Cl)ccc32)[C@H]1O.[N-]=[N+]=[N-].[Na+]. The maximum Gasteiger partial charge on any atom is 1.00 e. The Balaban J connectivity index is 0.000000150. The van der Waals surface area contributed by atoms with E-state index in [2.05, 4.69) is 36.3 Å². The molecule has 0 radical (unpaired) electrons. The average Bonchev–Trinajstić information content (AvgIpc) is 4.01. The maximum atomic E-state index is 11.7. The van der Waals surface area contributed by atoms with E-state index in [0.29, 0.717) is 70.2 Å². The molecule has 3 N–H and O–H groups in total. The standard InChI is InChI=1S/C17H15ClN4O3.C17H14ClNO5S.C17H16ClNO4.Cl2OS.N3.Na/c18-10-5-6-13-16(7-10)25-15-4-2-1-3-12(15)22(13)14-9-24-8-11(17(14)23)20-21-19;18-10-5-6-12-15(7-10)22-14-4-2-1-3-11(14)19(12)13-8-21-9-16-17(13)24-25(20)23-16;18-10-5-6-12-16(7-10)23-15-4-2-1-3-11(15)19(12)13-8-22-9-14(20)17(13)21;1-4(2)3;1-3-2;/h1-7,11,14,17,23H,8-9H2;1-7,13,16-17H,8-9H2;1-7,13-14,17,20-21H,8-9H2;;;/q;;;;-1;+1/t11-,14+,17+;13-,16-,17+,25?;13-,14-,17+;;;/m100.../s1. The van der Waals surface area contributed by atoms with Crippen molar-refractivity contribution in [2.75, 3.05) is 54.3 Å². The van der Waals surface area contributed by atoms with E-state index in [0.717, 1.165) is 39.9 Å². The number of aliphatic hydroxyl groups is 3. The maximum absolute atomic E-state index is 11.7. The molecule has 30 heteroatoms. The molecule has 10 atom stereocenters. The van der Waals surface area contributed by atoms with Crippen LogP contribution >= 0.6 is 56.2 Å². The Morgan fingerprint density at radius 3 is 1.35 bits per heavy atom. The number of ether oxygens (including phenoxy) is 6. The van der Waals surface area contributed by atoms with Gasteiger partial charge in [-0.2, -0.15) is 4.21 Å². The van der Waals surface area contributed by atoms with Crippen molar-refractivity contribution in [1.82, 2.24) is 0 Å². The normalized spacial score (nSPS) is 24.9. The first-order valence-corrected chi connectivity index (χ1v) is 29.0. The molecule has 0 aliphatic carbocycles. The fraction of sp³-hybridized carbons (Fsp3) is 0.294. The zero-order valence-corrected chi connectivity index (χ0v) is 49.6. The molecular weight excluding hydrogens is 1210 g/mol. The summed E-state index contributed by atoms with van der Waals surface area (Å²) in [6.07, 6.45) is -3.42. The Kier molecular flexibility index (Phi) is 22.0. The largest absolute Gasteiger partial charge is 1.00 e. The van der Waals surface area contributed by atoms with Crippen molar-refractivity contribution in [3.05, 3.63) is 169 Å². The molecule has 0 bridgehead atoms. The van der Waals surface area contributed by atoms with Crippen LogP contribution in [-0.4, -0.2) is 118 Å². The quantitative estimate of drug-likeness (QED) is 0.0488. The summed E-state index contributed by atoms with van der Waals surface area (Å²) in [6, 6.07) is 37.4. The molecule has 7 aliphatic rings. The van der Waals surface area contributed by atoms with E-state index >= 15 is 0 Å². The molecule has 420 valence electrons. The number of fused-ring (bicyclic) bond motifs is 7. The third-order valence-corrected chi connectivity index (χ3v) is 14.7. The second-order valence-electron chi connectivity index (χ2n) is 18.0. The first-order chi connectivity index (χ1) is 38.7. The Morgan fingerprint density at radius 2 is 0.901 bits per heavy atom. The predicted molar refractivity (Wildman–Crippen MR) is 303 cm³/mol. The van der Waals surface area contributed by atoms with E-state index in [-0.39, 0.29) is 61.0 Å². The van der Waals surface area contributed by atoms with Crippen LogP contribution < -0.4 is 58.5 Å². The van der Waals surface area contributed by atoms with Crippen molar-refractivity contribution in [1.29, 1.82) is 0 Å².